The molecule has 0 amide bonds. The second kappa shape index (κ2) is 5.95. The minimum atomic E-state index is -1.04. The molecule has 0 bridgehead atoms. The molecule has 19 heavy (non-hydrogen) atoms. The standard InChI is InChI=1S/C14H13FN2O2/c15-12-6-2-1-4-10(12)7-9-17-13-11(14(18)19)5-3-8-16-13/h1-6,8H,7,9H2,(H,16,17)(H,18,19). The van der Waals surface area contributed by atoms with E-state index in [0.29, 0.717) is 24.3 Å². The number of aromatic nitrogens is 1. The van der Waals surface area contributed by atoms with Crippen LogP contribution >= 0.6 is 0 Å². The van der Waals surface area contributed by atoms with Crippen molar-refractivity contribution in [2.24, 2.45) is 0 Å². The van der Waals surface area contributed by atoms with E-state index in [9.17, 15) is 9.18 Å². The number of hydrogen-bond donors (Lipinski definition) is 2. The van der Waals surface area contributed by atoms with Crippen LogP contribution in [0.3, 0.4) is 0 Å². The normalized spacial score (nSPS) is 10.2. The summed E-state index contributed by atoms with van der Waals surface area (Å²) in [6.45, 7) is 0.415. The van der Waals surface area contributed by atoms with Crippen molar-refractivity contribution in [2.75, 3.05) is 11.9 Å². The lowest BCUT2D eigenvalue weighted by Gasteiger charge is -2.08. The molecule has 2 N–H and O–H groups in total. The molecule has 0 unspecified atom stereocenters. The number of pyridine rings is 1. The zero-order valence-electron chi connectivity index (χ0n) is 10.1. The molecule has 0 fully saturated rings. The number of nitrogens with zero attached hydrogens (tertiary/aromatic N) is 1. The Bertz CT molecular complexity index is 587. The molecule has 0 aliphatic heterocycles. The topological polar surface area (TPSA) is 62.2 Å². The Morgan fingerprint density at radius 3 is 2.79 bits per heavy atom. The van der Waals surface area contributed by atoms with E-state index in [0.717, 1.165) is 0 Å². The number of anilines is 1. The van der Waals surface area contributed by atoms with Gasteiger partial charge in [-0.15, -0.1) is 0 Å². The molecule has 1 heterocycles. The fourth-order valence-corrected chi connectivity index (χ4v) is 1.74. The zero-order chi connectivity index (χ0) is 13.7. The van der Waals surface area contributed by atoms with E-state index in [1.54, 1.807) is 24.3 Å². The highest BCUT2D eigenvalue weighted by atomic mass is 19.1. The third kappa shape index (κ3) is 3.28. The van der Waals surface area contributed by atoms with Gasteiger partial charge in [0.1, 0.15) is 17.2 Å². The molecule has 0 radical (unpaired) electrons. The van der Waals surface area contributed by atoms with Crippen LogP contribution in [-0.2, 0) is 6.42 Å². The van der Waals surface area contributed by atoms with Crippen LogP contribution < -0.4 is 5.32 Å². The Hall–Kier alpha value is -2.43. The molecular weight excluding hydrogens is 247 g/mol. The maximum absolute atomic E-state index is 13.4. The fraction of sp³-hybridized carbons (Fsp3) is 0.143. The summed E-state index contributed by atoms with van der Waals surface area (Å²) in [4.78, 5) is 14.9. The SMILES string of the molecule is O=C(O)c1cccnc1NCCc1ccccc1F. The average molecular weight is 260 g/mol. The molecule has 0 aliphatic rings. The number of hydrogen-bond acceptors (Lipinski definition) is 3. The van der Waals surface area contributed by atoms with Crippen LogP contribution in [0.5, 0.6) is 0 Å². The number of nitrogens with one attached hydrogen (secondary N) is 1. The molecule has 1 aromatic carbocycles. The van der Waals surface area contributed by atoms with Crippen molar-refractivity contribution in [3.05, 3.63) is 59.5 Å². The molecule has 0 saturated carbocycles. The maximum atomic E-state index is 13.4. The zero-order valence-corrected chi connectivity index (χ0v) is 10.1. The minimum Gasteiger partial charge on any atom is -0.478 e. The largest absolute Gasteiger partial charge is 0.478 e. The predicted molar refractivity (Wildman–Crippen MR) is 69.8 cm³/mol. The Morgan fingerprint density at radius 1 is 1.26 bits per heavy atom. The van der Waals surface area contributed by atoms with E-state index in [2.05, 4.69) is 10.3 Å². The van der Waals surface area contributed by atoms with Crippen molar-refractivity contribution in [2.45, 2.75) is 6.42 Å². The third-order valence-electron chi connectivity index (χ3n) is 2.68. The first-order chi connectivity index (χ1) is 9.18. The monoisotopic (exact) mass is 260 g/mol. The lowest BCUT2D eigenvalue weighted by molar-refractivity contribution is 0.0697. The van der Waals surface area contributed by atoms with Crippen molar-refractivity contribution < 1.29 is 14.3 Å². The number of aromatic carboxylic acids is 1. The summed E-state index contributed by atoms with van der Waals surface area (Å²) in [5.41, 5.74) is 0.693. The molecule has 2 rings (SSSR count). The first-order valence-corrected chi connectivity index (χ1v) is 5.84. The second-order valence-corrected chi connectivity index (χ2v) is 3.97. The van der Waals surface area contributed by atoms with Crippen LogP contribution in [-0.4, -0.2) is 22.6 Å². The number of benzene rings is 1. The summed E-state index contributed by atoms with van der Waals surface area (Å²) < 4.78 is 13.4. The molecule has 0 atom stereocenters. The van der Waals surface area contributed by atoms with Gasteiger partial charge in [-0.1, -0.05) is 18.2 Å². The van der Waals surface area contributed by atoms with E-state index in [4.69, 9.17) is 5.11 Å². The molecule has 4 nitrogen and oxygen atoms in total. The van der Waals surface area contributed by atoms with Gasteiger partial charge in [0.25, 0.3) is 0 Å². The van der Waals surface area contributed by atoms with Crippen molar-refractivity contribution in [1.29, 1.82) is 0 Å². The van der Waals surface area contributed by atoms with Crippen LogP contribution in [0.25, 0.3) is 0 Å². The van der Waals surface area contributed by atoms with Crippen molar-refractivity contribution in [1.82, 2.24) is 4.98 Å². The number of carboxylic acids is 1. The quantitative estimate of drug-likeness (QED) is 0.867. The predicted octanol–water partition coefficient (Wildman–Crippen LogP) is 2.57. The van der Waals surface area contributed by atoms with E-state index >= 15 is 0 Å². The van der Waals surface area contributed by atoms with E-state index in [1.807, 2.05) is 0 Å². The average Bonchev–Trinajstić information content (AvgIpc) is 2.41. The van der Waals surface area contributed by atoms with Crippen LogP contribution in [0.15, 0.2) is 42.6 Å². The van der Waals surface area contributed by atoms with Crippen LogP contribution in [0.4, 0.5) is 10.2 Å². The molecule has 1 aromatic heterocycles. The van der Waals surface area contributed by atoms with Crippen LogP contribution in [0, 0.1) is 5.82 Å². The minimum absolute atomic E-state index is 0.107. The smallest absolute Gasteiger partial charge is 0.339 e. The molecule has 98 valence electrons. The lowest BCUT2D eigenvalue weighted by Crippen LogP contribution is -2.11. The van der Waals surface area contributed by atoms with Gasteiger partial charge in [-0.05, 0) is 30.2 Å². The Kier molecular flexibility index (Phi) is 4.07. The second-order valence-electron chi connectivity index (χ2n) is 3.97. The summed E-state index contributed by atoms with van der Waals surface area (Å²) in [6.07, 6.45) is 1.97. The molecular formula is C14H13FN2O2. The molecule has 0 saturated heterocycles. The Labute approximate surface area is 109 Å². The van der Waals surface area contributed by atoms with Crippen LogP contribution in [0.1, 0.15) is 15.9 Å². The highest BCUT2D eigenvalue weighted by Gasteiger charge is 2.09. The van der Waals surface area contributed by atoms with Gasteiger partial charge >= 0.3 is 5.97 Å². The molecule has 0 aliphatic carbocycles. The highest BCUT2D eigenvalue weighted by molar-refractivity contribution is 5.92. The highest BCUT2D eigenvalue weighted by Crippen LogP contribution is 2.12. The summed E-state index contributed by atoms with van der Waals surface area (Å²) in [7, 11) is 0. The van der Waals surface area contributed by atoms with E-state index in [-0.39, 0.29) is 11.4 Å². The van der Waals surface area contributed by atoms with Crippen LogP contribution in [0.2, 0.25) is 0 Å². The van der Waals surface area contributed by atoms with Gasteiger partial charge < -0.3 is 10.4 Å². The van der Waals surface area contributed by atoms with Gasteiger partial charge in [0.2, 0.25) is 0 Å². The first-order valence-electron chi connectivity index (χ1n) is 5.84. The maximum Gasteiger partial charge on any atom is 0.339 e. The molecule has 0 spiro atoms. The van der Waals surface area contributed by atoms with Gasteiger partial charge in [0.05, 0.1) is 0 Å². The number of rotatable bonds is 5. The summed E-state index contributed by atoms with van der Waals surface area (Å²) >= 11 is 0. The van der Waals surface area contributed by atoms with Gasteiger partial charge in [0, 0.05) is 12.7 Å². The van der Waals surface area contributed by atoms with Gasteiger partial charge in [-0.2, -0.15) is 0 Å². The first kappa shape index (κ1) is 13.0. The van der Waals surface area contributed by atoms with E-state index < -0.39 is 5.97 Å². The third-order valence-corrected chi connectivity index (χ3v) is 2.68. The number of halogens is 1. The fourth-order valence-electron chi connectivity index (χ4n) is 1.74. The Balaban J connectivity index is 2.00. The number of carboxylic acid groups (broad SMARTS) is 1. The van der Waals surface area contributed by atoms with Crippen molar-refractivity contribution in [3.63, 3.8) is 0 Å². The van der Waals surface area contributed by atoms with Gasteiger partial charge in [-0.25, -0.2) is 14.2 Å². The summed E-state index contributed by atoms with van der Waals surface area (Å²) in [6, 6.07) is 9.54. The summed E-state index contributed by atoms with van der Waals surface area (Å²) in [5.74, 6) is -1.00. The molecule has 2 aromatic rings. The lowest BCUT2D eigenvalue weighted by atomic mass is 10.1. The van der Waals surface area contributed by atoms with Crippen molar-refractivity contribution >= 4 is 11.8 Å². The van der Waals surface area contributed by atoms with Gasteiger partial charge in [-0.3, -0.25) is 0 Å². The van der Waals surface area contributed by atoms with Crippen molar-refractivity contribution in [3.8, 4) is 0 Å². The Morgan fingerprint density at radius 2 is 2.05 bits per heavy atom. The van der Waals surface area contributed by atoms with Gasteiger partial charge in [0.15, 0.2) is 0 Å². The molecule has 5 heteroatoms. The van der Waals surface area contributed by atoms with E-state index in [1.165, 1.54) is 18.3 Å². The number of carbonyl (C=O) groups is 1. The summed E-state index contributed by atoms with van der Waals surface area (Å²) in [5, 5.41) is 11.9.